The van der Waals surface area contributed by atoms with Gasteiger partial charge in [0.2, 0.25) is 0 Å². The lowest BCUT2D eigenvalue weighted by Gasteiger charge is -2.16. The normalized spacial score (nSPS) is 10.4. The molecule has 0 aliphatic carbocycles. The van der Waals surface area contributed by atoms with Gasteiger partial charge >= 0.3 is 17.9 Å². The summed E-state index contributed by atoms with van der Waals surface area (Å²) in [5.41, 5.74) is 11.8. The van der Waals surface area contributed by atoms with Crippen molar-refractivity contribution in [3.63, 3.8) is 0 Å². The first-order chi connectivity index (χ1) is 33.1. The zero-order chi connectivity index (χ0) is 50.5. The van der Waals surface area contributed by atoms with Crippen LogP contribution < -0.4 is 33.2 Å². The van der Waals surface area contributed by atoms with Crippen LogP contribution in [-0.4, -0.2) is 24.5 Å². The number of hydrogen-bond acceptors (Lipinski definition) is 11. The average Bonchev–Trinajstić information content (AvgIpc) is 3.34. The fourth-order valence-corrected chi connectivity index (χ4v) is 6.81. The molecular formula is C58H68O10S. The minimum atomic E-state index is -0.281. The number of benzene rings is 6. The fraction of sp³-hybridized carbons (Fsp3) is 0.328. The van der Waals surface area contributed by atoms with E-state index in [0.717, 1.165) is 45.1 Å². The number of aryl methyl sites for hydroxylation is 7. The number of rotatable bonds is 18. The first-order valence-electron chi connectivity index (χ1n) is 23.4. The van der Waals surface area contributed by atoms with Crippen LogP contribution in [0.25, 0.3) is 0 Å². The summed E-state index contributed by atoms with van der Waals surface area (Å²) in [7, 11) is 0. The van der Waals surface area contributed by atoms with Crippen molar-refractivity contribution in [3.8, 4) is 40.2 Å². The maximum atomic E-state index is 11.7. The molecule has 0 unspecified atom stereocenters. The van der Waals surface area contributed by atoms with Crippen molar-refractivity contribution in [2.24, 2.45) is 0 Å². The highest BCUT2D eigenvalue weighted by atomic mass is 32.1. The van der Waals surface area contributed by atoms with Crippen LogP contribution in [0.15, 0.2) is 109 Å². The molecule has 0 saturated heterocycles. The summed E-state index contributed by atoms with van der Waals surface area (Å²) in [6, 6.07) is 34.7. The number of thiol groups is 1. The number of hydrogen-bond donors (Lipinski definition) is 1. The number of esters is 3. The lowest BCUT2D eigenvalue weighted by molar-refractivity contribution is -0.135. The molecular weight excluding hydrogens is 889 g/mol. The van der Waals surface area contributed by atoms with Crippen molar-refractivity contribution in [1.29, 1.82) is 0 Å². The molecule has 0 radical (unpaired) electrons. The Balaban J connectivity index is 0.000000226. The van der Waals surface area contributed by atoms with E-state index in [1.54, 1.807) is 39.0 Å². The van der Waals surface area contributed by atoms with Gasteiger partial charge in [-0.3, -0.25) is 14.4 Å². The lowest BCUT2D eigenvalue weighted by Crippen LogP contribution is -2.10. The molecule has 6 aromatic carbocycles. The van der Waals surface area contributed by atoms with Gasteiger partial charge in [-0.05, 0) is 161 Å². The Labute approximate surface area is 414 Å². The van der Waals surface area contributed by atoms with Gasteiger partial charge in [-0.2, -0.15) is 12.6 Å². The molecule has 0 atom stereocenters. The van der Waals surface area contributed by atoms with Gasteiger partial charge in [-0.15, -0.1) is 0 Å². The molecule has 0 saturated carbocycles. The van der Waals surface area contributed by atoms with Crippen molar-refractivity contribution in [3.05, 3.63) is 170 Å². The Morgan fingerprint density at radius 3 is 1.16 bits per heavy atom. The summed E-state index contributed by atoms with van der Waals surface area (Å²) in [5.74, 6) is 4.46. The van der Waals surface area contributed by atoms with Crippen LogP contribution in [0.5, 0.6) is 40.2 Å². The minimum Gasteiger partial charge on any atom is -0.493 e. The summed E-state index contributed by atoms with van der Waals surface area (Å²) in [6.07, 6.45) is 1.00. The zero-order valence-corrected chi connectivity index (χ0v) is 43.0. The average molecular weight is 957 g/mol. The topological polar surface area (TPSA) is 116 Å². The minimum absolute atomic E-state index is 0.238. The van der Waals surface area contributed by atoms with Gasteiger partial charge < -0.3 is 33.2 Å². The summed E-state index contributed by atoms with van der Waals surface area (Å²) in [6.45, 7) is 23.1. The highest BCUT2D eigenvalue weighted by Crippen LogP contribution is 2.32. The largest absolute Gasteiger partial charge is 0.493 e. The number of carbonyl (C=O) groups excluding carboxylic acids is 3. The van der Waals surface area contributed by atoms with E-state index in [4.69, 9.17) is 33.2 Å². The third-order valence-corrected chi connectivity index (χ3v) is 11.6. The second kappa shape index (κ2) is 27.9. The van der Waals surface area contributed by atoms with E-state index in [9.17, 15) is 14.4 Å². The Hall–Kier alpha value is -6.72. The van der Waals surface area contributed by atoms with Crippen molar-refractivity contribution < 1.29 is 47.5 Å². The highest BCUT2D eigenvalue weighted by Gasteiger charge is 2.16. The van der Waals surface area contributed by atoms with Crippen LogP contribution in [0.4, 0.5) is 0 Å². The smallest absolute Gasteiger partial charge is 0.310 e. The maximum absolute atomic E-state index is 11.7. The summed E-state index contributed by atoms with van der Waals surface area (Å²) in [4.78, 5) is 34.8. The van der Waals surface area contributed by atoms with Crippen molar-refractivity contribution in [2.45, 2.75) is 121 Å². The molecule has 69 heavy (non-hydrogen) atoms. The van der Waals surface area contributed by atoms with E-state index in [1.165, 1.54) is 33.4 Å². The van der Waals surface area contributed by atoms with Crippen LogP contribution in [0, 0.1) is 48.5 Å². The van der Waals surface area contributed by atoms with E-state index in [0.29, 0.717) is 67.8 Å². The molecule has 0 aliphatic heterocycles. The van der Waals surface area contributed by atoms with Gasteiger partial charge in [-0.25, -0.2) is 0 Å². The summed E-state index contributed by atoms with van der Waals surface area (Å²) < 4.78 is 39.5. The molecule has 6 rings (SSSR count). The van der Waals surface area contributed by atoms with Crippen molar-refractivity contribution >= 4 is 30.5 Å². The molecule has 0 aromatic heterocycles. The second-order valence-corrected chi connectivity index (χ2v) is 16.7. The van der Waals surface area contributed by atoms with Crippen LogP contribution in [0.3, 0.4) is 0 Å². The van der Waals surface area contributed by atoms with E-state index in [-0.39, 0.29) is 24.5 Å². The third-order valence-electron chi connectivity index (χ3n) is 11.3. The Bertz CT molecular complexity index is 2650. The van der Waals surface area contributed by atoms with E-state index in [2.05, 4.69) is 47.2 Å². The highest BCUT2D eigenvalue weighted by molar-refractivity contribution is 7.79. The van der Waals surface area contributed by atoms with Crippen molar-refractivity contribution in [1.82, 2.24) is 0 Å². The quantitative estimate of drug-likeness (QED) is 0.0507. The molecule has 0 heterocycles. The third kappa shape index (κ3) is 17.1. The van der Waals surface area contributed by atoms with Crippen LogP contribution in [0.2, 0.25) is 0 Å². The van der Waals surface area contributed by atoms with Gasteiger partial charge in [0.25, 0.3) is 0 Å². The molecule has 0 spiro atoms. The molecule has 0 bridgehead atoms. The van der Waals surface area contributed by atoms with Gasteiger partial charge in [0.15, 0.2) is 0 Å². The standard InChI is InChI=1S/C20H24O4.C19H22O3S.C19H22O3/c1-5-20(21)24-19-9-7-8-18(22-6-2)17(19)13-23-16-11-10-14(3)15(4)12-16;1-4-19(20)22-18-7-5-6-15(12-23)17(18)11-21-16-9-8-13(2)14(3)10-16;1-5-19(20)22-18-8-6-7-14(3)17(18)12-21-16-10-9-13(2)15(4)11-16/h7-12H,5-6,13H2,1-4H3;5-10,23H,4,11-12H2,1-3H3;6-11H,5,12H2,1-4H3. The maximum Gasteiger partial charge on any atom is 0.310 e. The van der Waals surface area contributed by atoms with E-state index >= 15 is 0 Å². The molecule has 0 amide bonds. The molecule has 0 aliphatic rings. The zero-order valence-electron chi connectivity index (χ0n) is 42.1. The van der Waals surface area contributed by atoms with Gasteiger partial charge in [0.05, 0.1) is 12.2 Å². The van der Waals surface area contributed by atoms with Gasteiger partial charge in [0.1, 0.15) is 60.1 Å². The lowest BCUT2D eigenvalue weighted by atomic mass is 10.1. The molecule has 6 aromatic rings. The van der Waals surface area contributed by atoms with Crippen LogP contribution in [-0.2, 0) is 40.0 Å². The molecule has 0 fully saturated rings. The molecule has 366 valence electrons. The predicted molar refractivity (Wildman–Crippen MR) is 276 cm³/mol. The number of carbonyl (C=O) groups is 3. The van der Waals surface area contributed by atoms with Crippen LogP contribution >= 0.6 is 12.6 Å². The second-order valence-electron chi connectivity index (χ2n) is 16.4. The van der Waals surface area contributed by atoms with E-state index < -0.39 is 0 Å². The van der Waals surface area contributed by atoms with Gasteiger partial charge in [-0.1, -0.05) is 69.3 Å². The van der Waals surface area contributed by atoms with E-state index in [1.807, 2.05) is 112 Å². The monoisotopic (exact) mass is 956 g/mol. The van der Waals surface area contributed by atoms with Crippen LogP contribution in [0.1, 0.15) is 108 Å². The Morgan fingerprint density at radius 2 is 0.754 bits per heavy atom. The SMILES string of the molecule is CCC(=O)Oc1cccc(C)c1COc1ccc(C)c(C)c1.CCC(=O)Oc1cccc(CS)c1COc1ccc(C)c(C)c1.CCOc1cccc(OC(=O)CC)c1COc1ccc(C)c(C)c1. The Kier molecular flexibility index (Phi) is 22.2. The molecule has 0 N–H and O–H groups in total. The van der Waals surface area contributed by atoms with Gasteiger partial charge in [0, 0.05) is 36.1 Å². The molecule has 10 nitrogen and oxygen atoms in total. The summed E-state index contributed by atoms with van der Waals surface area (Å²) in [5, 5.41) is 0. The first-order valence-corrected chi connectivity index (χ1v) is 24.0. The predicted octanol–water partition coefficient (Wildman–Crippen LogP) is 13.7. The van der Waals surface area contributed by atoms with Crippen molar-refractivity contribution in [2.75, 3.05) is 6.61 Å². The molecule has 11 heteroatoms. The fourth-order valence-electron chi connectivity index (χ4n) is 6.51. The first kappa shape index (κ1) is 54.9. The summed E-state index contributed by atoms with van der Waals surface area (Å²) >= 11 is 4.35. The number of ether oxygens (including phenoxy) is 7. The Morgan fingerprint density at radius 1 is 0.391 bits per heavy atom.